The molecule has 0 fully saturated rings. The highest BCUT2D eigenvalue weighted by molar-refractivity contribution is 9.10. The molecule has 0 amide bonds. The number of benzene rings is 1. The van der Waals surface area contributed by atoms with Crippen LogP contribution in [-0.4, -0.2) is 20.7 Å². The van der Waals surface area contributed by atoms with Gasteiger partial charge in [0.15, 0.2) is 0 Å². The molecule has 0 saturated carbocycles. The largest absolute Gasteiger partial charge is 0.383 e. The molecule has 90 valence electrons. The number of halogens is 3. The quantitative estimate of drug-likeness (QED) is 0.822. The van der Waals surface area contributed by atoms with Gasteiger partial charge in [0.25, 0.3) is 0 Å². The number of sulfonamides is 1. The summed E-state index contributed by atoms with van der Waals surface area (Å²) in [5, 5.41) is 8.41. The number of anilines is 1. The molecular formula is C8H9BrCl2N2O2S. The molecule has 1 rings (SSSR count). The third-order valence-corrected chi connectivity index (χ3v) is 4.28. The molecule has 0 radical (unpaired) electrons. The molecule has 0 saturated heterocycles. The summed E-state index contributed by atoms with van der Waals surface area (Å²) in [6.45, 7) is 0.177. The Kier molecular flexibility index (Phi) is 4.88. The SMILES string of the molecule is NS(=O)(=O)CCNc1ccc(Br)c(Cl)c1Cl. The molecule has 0 bridgehead atoms. The Labute approximate surface area is 112 Å². The zero-order valence-corrected chi connectivity index (χ0v) is 11.9. The van der Waals surface area contributed by atoms with Crippen molar-refractivity contribution in [1.29, 1.82) is 0 Å². The van der Waals surface area contributed by atoms with Gasteiger partial charge in [-0.1, -0.05) is 23.2 Å². The van der Waals surface area contributed by atoms with Gasteiger partial charge in [-0.2, -0.15) is 0 Å². The van der Waals surface area contributed by atoms with E-state index >= 15 is 0 Å². The van der Waals surface area contributed by atoms with Gasteiger partial charge < -0.3 is 5.32 Å². The Bertz CT molecular complexity index is 493. The van der Waals surface area contributed by atoms with Gasteiger partial charge in [-0.05, 0) is 28.1 Å². The third-order valence-electron chi connectivity index (χ3n) is 1.74. The fraction of sp³-hybridized carbons (Fsp3) is 0.250. The van der Waals surface area contributed by atoms with Crippen LogP contribution in [0.1, 0.15) is 0 Å². The molecule has 1 aromatic carbocycles. The maximum absolute atomic E-state index is 10.7. The summed E-state index contributed by atoms with van der Waals surface area (Å²) in [7, 11) is -3.47. The normalized spacial score (nSPS) is 11.5. The van der Waals surface area contributed by atoms with E-state index in [9.17, 15) is 8.42 Å². The van der Waals surface area contributed by atoms with Gasteiger partial charge in [-0.25, -0.2) is 13.6 Å². The predicted molar refractivity (Wildman–Crippen MR) is 70.6 cm³/mol. The van der Waals surface area contributed by atoms with Gasteiger partial charge in [0.1, 0.15) is 0 Å². The molecule has 1 aromatic rings. The van der Waals surface area contributed by atoms with Gasteiger partial charge in [0.2, 0.25) is 10.0 Å². The molecule has 0 aliphatic rings. The molecule has 3 N–H and O–H groups in total. The van der Waals surface area contributed by atoms with Crippen LogP contribution in [0.3, 0.4) is 0 Å². The highest BCUT2D eigenvalue weighted by Crippen LogP contribution is 2.35. The molecule has 0 unspecified atom stereocenters. The standard InChI is InChI=1S/C8H9BrCl2N2O2S/c9-5-1-2-6(8(11)7(5)10)13-3-4-16(12,14)15/h1-2,13H,3-4H2,(H2,12,14,15). The highest BCUT2D eigenvalue weighted by atomic mass is 79.9. The Balaban J connectivity index is 2.72. The van der Waals surface area contributed by atoms with Crippen molar-refractivity contribution < 1.29 is 8.42 Å². The minimum Gasteiger partial charge on any atom is -0.383 e. The topological polar surface area (TPSA) is 72.2 Å². The Morgan fingerprint density at radius 2 is 1.94 bits per heavy atom. The van der Waals surface area contributed by atoms with E-state index in [1.807, 2.05) is 0 Å². The Morgan fingerprint density at radius 1 is 1.31 bits per heavy atom. The van der Waals surface area contributed by atoms with E-state index in [2.05, 4.69) is 21.2 Å². The minimum absolute atomic E-state index is 0.170. The van der Waals surface area contributed by atoms with Crippen LogP contribution in [-0.2, 0) is 10.0 Å². The number of hydrogen-bond donors (Lipinski definition) is 2. The van der Waals surface area contributed by atoms with Gasteiger partial charge in [0.05, 0.1) is 21.5 Å². The number of nitrogens with one attached hydrogen (secondary N) is 1. The van der Waals surface area contributed by atoms with E-state index in [-0.39, 0.29) is 12.3 Å². The number of primary sulfonamides is 1. The van der Waals surface area contributed by atoms with Gasteiger partial charge >= 0.3 is 0 Å². The molecule has 4 nitrogen and oxygen atoms in total. The zero-order chi connectivity index (χ0) is 12.3. The molecule has 0 aromatic heterocycles. The van der Waals surface area contributed by atoms with Crippen LogP contribution in [0.4, 0.5) is 5.69 Å². The van der Waals surface area contributed by atoms with E-state index in [1.165, 1.54) is 0 Å². The second-order valence-electron chi connectivity index (χ2n) is 3.02. The van der Waals surface area contributed by atoms with Crippen LogP contribution in [0.25, 0.3) is 0 Å². The second-order valence-corrected chi connectivity index (χ2v) is 6.36. The van der Waals surface area contributed by atoms with Crippen LogP contribution < -0.4 is 10.5 Å². The van der Waals surface area contributed by atoms with E-state index in [0.29, 0.717) is 20.2 Å². The van der Waals surface area contributed by atoms with Crippen molar-refractivity contribution >= 4 is 54.8 Å². The lowest BCUT2D eigenvalue weighted by molar-refractivity contribution is 0.598. The minimum atomic E-state index is -3.47. The number of rotatable bonds is 4. The molecule has 0 heterocycles. The summed E-state index contributed by atoms with van der Waals surface area (Å²) in [6, 6.07) is 3.41. The second kappa shape index (κ2) is 5.55. The lowest BCUT2D eigenvalue weighted by Crippen LogP contribution is -2.22. The first-order valence-electron chi connectivity index (χ1n) is 4.19. The monoisotopic (exact) mass is 346 g/mol. The Morgan fingerprint density at radius 3 is 2.50 bits per heavy atom. The molecule has 0 aliphatic carbocycles. The highest BCUT2D eigenvalue weighted by Gasteiger charge is 2.09. The van der Waals surface area contributed by atoms with Crippen LogP contribution in [0, 0.1) is 0 Å². The van der Waals surface area contributed by atoms with Crippen molar-refractivity contribution in [2.75, 3.05) is 17.6 Å². The first-order chi connectivity index (χ1) is 7.31. The zero-order valence-electron chi connectivity index (χ0n) is 8.00. The Hall–Kier alpha value is -0.0100. The summed E-state index contributed by atoms with van der Waals surface area (Å²) in [6.07, 6.45) is 0. The molecule has 0 spiro atoms. The van der Waals surface area contributed by atoms with E-state index in [1.54, 1.807) is 12.1 Å². The van der Waals surface area contributed by atoms with Crippen LogP contribution in [0.15, 0.2) is 16.6 Å². The van der Waals surface area contributed by atoms with Crippen molar-refractivity contribution in [3.05, 3.63) is 26.7 Å². The first-order valence-corrected chi connectivity index (χ1v) is 7.45. The molecular weight excluding hydrogens is 339 g/mol. The van der Waals surface area contributed by atoms with E-state index < -0.39 is 10.0 Å². The van der Waals surface area contributed by atoms with Gasteiger partial charge in [-0.3, -0.25) is 0 Å². The fourth-order valence-corrected chi connectivity index (χ4v) is 2.22. The van der Waals surface area contributed by atoms with E-state index in [0.717, 1.165) is 0 Å². The lowest BCUT2D eigenvalue weighted by Gasteiger charge is -2.09. The molecule has 16 heavy (non-hydrogen) atoms. The summed E-state index contributed by atoms with van der Waals surface area (Å²) in [5.74, 6) is -0.170. The number of nitrogens with two attached hydrogens (primary N) is 1. The van der Waals surface area contributed by atoms with Crippen molar-refractivity contribution in [1.82, 2.24) is 0 Å². The van der Waals surface area contributed by atoms with Crippen LogP contribution in [0.5, 0.6) is 0 Å². The lowest BCUT2D eigenvalue weighted by atomic mass is 10.3. The summed E-state index contributed by atoms with van der Waals surface area (Å²) < 4.78 is 22.1. The van der Waals surface area contributed by atoms with Crippen molar-refractivity contribution in [2.45, 2.75) is 0 Å². The molecule has 0 aliphatic heterocycles. The van der Waals surface area contributed by atoms with Crippen LogP contribution in [0.2, 0.25) is 10.0 Å². The predicted octanol–water partition coefficient (Wildman–Crippen LogP) is 2.46. The van der Waals surface area contributed by atoms with Crippen molar-refractivity contribution in [2.24, 2.45) is 5.14 Å². The van der Waals surface area contributed by atoms with Crippen molar-refractivity contribution in [3.63, 3.8) is 0 Å². The smallest absolute Gasteiger partial charge is 0.210 e. The van der Waals surface area contributed by atoms with Crippen LogP contribution >= 0.6 is 39.1 Å². The maximum Gasteiger partial charge on any atom is 0.210 e. The summed E-state index contributed by atoms with van der Waals surface area (Å²) in [4.78, 5) is 0. The molecule has 0 atom stereocenters. The first kappa shape index (κ1) is 14.1. The van der Waals surface area contributed by atoms with Gasteiger partial charge in [-0.15, -0.1) is 0 Å². The fourth-order valence-electron chi connectivity index (χ4n) is 0.990. The summed E-state index contributed by atoms with van der Waals surface area (Å²) >= 11 is 15.1. The average molecular weight is 348 g/mol. The average Bonchev–Trinajstić information content (AvgIpc) is 2.16. The number of hydrogen-bond acceptors (Lipinski definition) is 3. The summed E-state index contributed by atoms with van der Waals surface area (Å²) in [5.41, 5.74) is 0.568. The maximum atomic E-state index is 10.7. The van der Waals surface area contributed by atoms with Gasteiger partial charge in [0, 0.05) is 11.0 Å². The third kappa shape index (κ3) is 4.10. The van der Waals surface area contributed by atoms with E-state index in [4.69, 9.17) is 28.3 Å². The van der Waals surface area contributed by atoms with Crippen molar-refractivity contribution in [3.8, 4) is 0 Å². The molecule has 8 heteroatoms.